The van der Waals surface area contributed by atoms with E-state index in [1.54, 1.807) is 0 Å². The van der Waals surface area contributed by atoms with Crippen LogP contribution >= 0.6 is 15.9 Å². The van der Waals surface area contributed by atoms with E-state index < -0.39 is 0 Å². The highest BCUT2D eigenvalue weighted by atomic mass is 79.9. The predicted octanol–water partition coefficient (Wildman–Crippen LogP) is 3.70. The number of benzene rings is 1. The standard InChI is InChI=1S/C18H23BrN2O/c1-20(18(22)14-8-10-15(19)11-9-14)16-6-2-3-7-17(16)21-12-4-5-13-21/h4-5,8-11,16-17H,2-3,6-7,12-13H2,1H3. The smallest absolute Gasteiger partial charge is 0.253 e. The van der Waals surface area contributed by atoms with Crippen molar-refractivity contribution in [3.05, 3.63) is 46.5 Å². The van der Waals surface area contributed by atoms with Crippen molar-refractivity contribution < 1.29 is 4.79 Å². The van der Waals surface area contributed by atoms with Gasteiger partial charge in [-0.1, -0.05) is 40.9 Å². The summed E-state index contributed by atoms with van der Waals surface area (Å²) < 4.78 is 1.00. The molecule has 0 aromatic heterocycles. The largest absolute Gasteiger partial charge is 0.337 e. The lowest BCUT2D eigenvalue weighted by molar-refractivity contribution is 0.0507. The summed E-state index contributed by atoms with van der Waals surface area (Å²) in [6.45, 7) is 2.06. The summed E-state index contributed by atoms with van der Waals surface area (Å²) in [6.07, 6.45) is 9.28. The third kappa shape index (κ3) is 3.28. The normalized spacial score (nSPS) is 25.4. The Balaban J connectivity index is 1.74. The van der Waals surface area contributed by atoms with Crippen LogP contribution in [-0.2, 0) is 0 Å². The number of hydrogen-bond acceptors (Lipinski definition) is 2. The second-order valence-electron chi connectivity index (χ2n) is 6.27. The van der Waals surface area contributed by atoms with Gasteiger partial charge in [0.1, 0.15) is 0 Å². The SMILES string of the molecule is CN(C(=O)c1ccc(Br)cc1)C1CCCCC1N1CC=CC1. The zero-order valence-corrected chi connectivity index (χ0v) is 14.6. The van der Waals surface area contributed by atoms with E-state index in [0.29, 0.717) is 12.1 Å². The Bertz CT molecular complexity index is 547. The quantitative estimate of drug-likeness (QED) is 0.765. The molecular weight excluding hydrogens is 340 g/mol. The fraction of sp³-hybridized carbons (Fsp3) is 0.500. The molecule has 1 saturated carbocycles. The zero-order valence-electron chi connectivity index (χ0n) is 13.0. The van der Waals surface area contributed by atoms with Crippen molar-refractivity contribution in [2.45, 2.75) is 37.8 Å². The minimum atomic E-state index is 0.136. The van der Waals surface area contributed by atoms with Crippen LogP contribution in [-0.4, -0.2) is 47.9 Å². The maximum atomic E-state index is 12.8. The maximum absolute atomic E-state index is 12.8. The van der Waals surface area contributed by atoms with Crippen LogP contribution < -0.4 is 0 Å². The third-order valence-electron chi connectivity index (χ3n) is 4.92. The van der Waals surface area contributed by atoms with Crippen LogP contribution in [0.15, 0.2) is 40.9 Å². The lowest BCUT2D eigenvalue weighted by Crippen LogP contribution is -2.53. The fourth-order valence-corrected chi connectivity index (χ4v) is 3.95. The van der Waals surface area contributed by atoms with Crippen LogP contribution in [0.4, 0.5) is 0 Å². The molecule has 1 aliphatic carbocycles. The highest BCUT2D eigenvalue weighted by Gasteiger charge is 2.34. The molecule has 0 bridgehead atoms. The Morgan fingerprint density at radius 2 is 1.77 bits per heavy atom. The van der Waals surface area contributed by atoms with Crippen LogP contribution in [0.5, 0.6) is 0 Å². The van der Waals surface area contributed by atoms with Gasteiger partial charge in [0.15, 0.2) is 0 Å². The summed E-state index contributed by atoms with van der Waals surface area (Å²) in [5.41, 5.74) is 0.773. The van der Waals surface area contributed by atoms with Gasteiger partial charge < -0.3 is 4.90 Å². The van der Waals surface area contributed by atoms with Gasteiger partial charge in [-0.05, 0) is 37.1 Å². The average molecular weight is 363 g/mol. The van der Waals surface area contributed by atoms with E-state index in [-0.39, 0.29) is 5.91 Å². The van der Waals surface area contributed by atoms with Crippen molar-refractivity contribution in [1.29, 1.82) is 0 Å². The Hall–Kier alpha value is -1.13. The Kier molecular flexibility index (Phi) is 4.99. The summed E-state index contributed by atoms with van der Waals surface area (Å²) in [4.78, 5) is 17.3. The number of carbonyl (C=O) groups is 1. The van der Waals surface area contributed by atoms with Crippen LogP contribution in [0.3, 0.4) is 0 Å². The van der Waals surface area contributed by atoms with Gasteiger partial charge in [0.25, 0.3) is 5.91 Å². The average Bonchev–Trinajstić information content (AvgIpc) is 3.08. The molecule has 1 fully saturated rings. The molecule has 1 aromatic rings. The Labute approximate surface area is 141 Å². The minimum Gasteiger partial charge on any atom is -0.337 e. The molecule has 1 amide bonds. The summed E-state index contributed by atoms with van der Waals surface area (Å²) >= 11 is 3.42. The number of hydrogen-bond donors (Lipinski definition) is 0. The van der Waals surface area contributed by atoms with Gasteiger partial charge in [0, 0.05) is 42.3 Å². The van der Waals surface area contributed by atoms with Crippen LogP contribution in [0.1, 0.15) is 36.0 Å². The number of amides is 1. The highest BCUT2D eigenvalue weighted by Crippen LogP contribution is 2.28. The van der Waals surface area contributed by atoms with E-state index in [1.807, 2.05) is 36.2 Å². The van der Waals surface area contributed by atoms with E-state index >= 15 is 0 Å². The lowest BCUT2D eigenvalue weighted by Gasteiger charge is -2.42. The molecule has 2 unspecified atom stereocenters. The molecule has 22 heavy (non-hydrogen) atoms. The topological polar surface area (TPSA) is 23.6 Å². The van der Waals surface area contributed by atoms with Gasteiger partial charge in [0.2, 0.25) is 0 Å². The van der Waals surface area contributed by atoms with E-state index in [0.717, 1.165) is 29.5 Å². The fourth-order valence-electron chi connectivity index (χ4n) is 3.68. The van der Waals surface area contributed by atoms with E-state index in [4.69, 9.17) is 0 Å². The Morgan fingerprint density at radius 1 is 1.14 bits per heavy atom. The van der Waals surface area contributed by atoms with Crippen molar-refractivity contribution in [3.8, 4) is 0 Å². The van der Waals surface area contributed by atoms with Crippen molar-refractivity contribution in [3.63, 3.8) is 0 Å². The van der Waals surface area contributed by atoms with E-state index in [2.05, 4.69) is 33.0 Å². The van der Waals surface area contributed by atoms with E-state index in [1.165, 1.54) is 19.3 Å². The van der Waals surface area contributed by atoms with Gasteiger partial charge in [-0.15, -0.1) is 0 Å². The van der Waals surface area contributed by atoms with Crippen molar-refractivity contribution in [1.82, 2.24) is 9.80 Å². The summed E-state index contributed by atoms with van der Waals surface area (Å²) in [7, 11) is 1.97. The van der Waals surface area contributed by atoms with Crippen LogP contribution in [0.2, 0.25) is 0 Å². The number of nitrogens with zero attached hydrogens (tertiary/aromatic N) is 2. The molecule has 0 radical (unpaired) electrons. The first-order valence-corrected chi connectivity index (χ1v) is 8.88. The molecule has 0 saturated heterocycles. The highest BCUT2D eigenvalue weighted by molar-refractivity contribution is 9.10. The van der Waals surface area contributed by atoms with Gasteiger partial charge in [-0.3, -0.25) is 9.69 Å². The van der Waals surface area contributed by atoms with Crippen LogP contribution in [0.25, 0.3) is 0 Å². The van der Waals surface area contributed by atoms with Gasteiger partial charge >= 0.3 is 0 Å². The third-order valence-corrected chi connectivity index (χ3v) is 5.45. The molecule has 0 spiro atoms. The molecule has 2 aliphatic rings. The molecular formula is C18H23BrN2O. The molecule has 1 aromatic carbocycles. The lowest BCUT2D eigenvalue weighted by atomic mass is 9.88. The summed E-state index contributed by atoms with van der Waals surface area (Å²) in [5.74, 6) is 0.136. The number of likely N-dealkylation sites (N-methyl/N-ethyl adjacent to an activating group) is 1. The van der Waals surface area contributed by atoms with Gasteiger partial charge in [-0.25, -0.2) is 0 Å². The van der Waals surface area contributed by atoms with E-state index in [9.17, 15) is 4.79 Å². The molecule has 4 heteroatoms. The van der Waals surface area contributed by atoms with Gasteiger partial charge in [-0.2, -0.15) is 0 Å². The summed E-state index contributed by atoms with van der Waals surface area (Å²) in [5, 5.41) is 0. The zero-order chi connectivity index (χ0) is 15.5. The first-order chi connectivity index (χ1) is 10.7. The molecule has 1 aliphatic heterocycles. The van der Waals surface area contributed by atoms with Crippen LogP contribution in [0, 0.1) is 0 Å². The number of halogens is 1. The maximum Gasteiger partial charge on any atom is 0.253 e. The molecule has 0 N–H and O–H groups in total. The first kappa shape index (κ1) is 15.8. The first-order valence-electron chi connectivity index (χ1n) is 8.08. The molecule has 2 atom stereocenters. The second-order valence-corrected chi connectivity index (χ2v) is 7.18. The Morgan fingerprint density at radius 3 is 2.45 bits per heavy atom. The number of rotatable bonds is 3. The second kappa shape index (κ2) is 6.97. The molecule has 3 nitrogen and oxygen atoms in total. The predicted molar refractivity (Wildman–Crippen MR) is 93.0 cm³/mol. The van der Waals surface area contributed by atoms with Crippen molar-refractivity contribution in [2.75, 3.05) is 20.1 Å². The van der Waals surface area contributed by atoms with Gasteiger partial charge in [0.05, 0.1) is 0 Å². The molecule has 118 valence electrons. The van der Waals surface area contributed by atoms with Crippen molar-refractivity contribution in [2.24, 2.45) is 0 Å². The molecule has 1 heterocycles. The monoisotopic (exact) mass is 362 g/mol. The minimum absolute atomic E-state index is 0.136. The number of carbonyl (C=O) groups excluding carboxylic acids is 1. The summed E-state index contributed by atoms with van der Waals surface area (Å²) in [6, 6.07) is 8.49. The molecule has 3 rings (SSSR count). The van der Waals surface area contributed by atoms with Crippen molar-refractivity contribution >= 4 is 21.8 Å².